The molecule has 128 valence electrons. The van der Waals surface area contributed by atoms with Gasteiger partial charge in [0.05, 0.1) is 13.2 Å². The Balaban J connectivity index is 1.76. The molecule has 0 spiro atoms. The highest BCUT2D eigenvalue weighted by molar-refractivity contribution is 5.92. The van der Waals surface area contributed by atoms with Crippen molar-refractivity contribution in [2.45, 2.75) is 32.9 Å². The van der Waals surface area contributed by atoms with Crippen LogP contribution in [0.5, 0.6) is 0 Å². The van der Waals surface area contributed by atoms with Crippen LogP contribution in [-0.4, -0.2) is 55.5 Å². The summed E-state index contributed by atoms with van der Waals surface area (Å²) < 4.78 is 6.96. The highest BCUT2D eigenvalue weighted by Gasteiger charge is 2.29. The summed E-state index contributed by atoms with van der Waals surface area (Å²) in [6, 6.07) is 2.83. The molecule has 24 heavy (non-hydrogen) atoms. The Morgan fingerprint density at radius 2 is 2.25 bits per heavy atom. The van der Waals surface area contributed by atoms with Crippen LogP contribution >= 0.6 is 0 Å². The molecule has 9 nitrogen and oxygen atoms in total. The first-order valence-corrected chi connectivity index (χ1v) is 8.02. The number of H-pyrrole nitrogens is 1. The quantitative estimate of drug-likeness (QED) is 0.855. The Morgan fingerprint density at radius 1 is 1.42 bits per heavy atom. The number of nitrogens with zero attached hydrogens (tertiary/aromatic N) is 5. The molecule has 1 aliphatic rings. The molecule has 3 rings (SSSR count). The molecule has 1 amide bonds. The molecule has 1 saturated heterocycles. The maximum atomic E-state index is 12.7. The van der Waals surface area contributed by atoms with Crippen molar-refractivity contribution in [3.63, 3.8) is 0 Å². The number of aromatic nitrogens is 5. The van der Waals surface area contributed by atoms with Gasteiger partial charge in [-0.25, -0.2) is 9.67 Å². The summed E-state index contributed by atoms with van der Waals surface area (Å²) in [5.41, 5.74) is 0.0306. The van der Waals surface area contributed by atoms with Gasteiger partial charge in [0.15, 0.2) is 5.82 Å². The monoisotopic (exact) mass is 332 g/mol. The van der Waals surface area contributed by atoms with Crippen LogP contribution in [-0.2, 0) is 17.7 Å². The van der Waals surface area contributed by atoms with Gasteiger partial charge in [-0.15, -0.1) is 0 Å². The second kappa shape index (κ2) is 6.91. The zero-order chi connectivity index (χ0) is 17.1. The lowest BCUT2D eigenvalue weighted by molar-refractivity contribution is -0.0269. The third-order valence-electron chi connectivity index (χ3n) is 3.91. The third kappa shape index (κ3) is 3.21. The molecule has 0 unspecified atom stereocenters. The summed E-state index contributed by atoms with van der Waals surface area (Å²) in [6.45, 7) is 5.43. The van der Waals surface area contributed by atoms with Gasteiger partial charge in [0.25, 0.3) is 11.5 Å². The Labute approximate surface area is 138 Å². The summed E-state index contributed by atoms with van der Waals surface area (Å²) in [5.74, 6) is 1.11. The van der Waals surface area contributed by atoms with E-state index in [-0.39, 0.29) is 23.3 Å². The lowest BCUT2D eigenvalue weighted by atomic mass is 10.2. The van der Waals surface area contributed by atoms with Crippen LogP contribution < -0.4 is 5.56 Å². The molecule has 2 aromatic heterocycles. The number of aryl methyl sites for hydroxylation is 2. The largest absolute Gasteiger partial charge is 0.366 e. The van der Waals surface area contributed by atoms with Gasteiger partial charge in [-0.3, -0.25) is 14.7 Å². The lowest BCUT2D eigenvalue weighted by Gasteiger charge is -2.31. The molecule has 0 saturated carbocycles. The van der Waals surface area contributed by atoms with E-state index in [2.05, 4.69) is 20.3 Å². The van der Waals surface area contributed by atoms with Crippen LogP contribution in [0.15, 0.2) is 16.9 Å². The van der Waals surface area contributed by atoms with E-state index in [4.69, 9.17) is 4.74 Å². The van der Waals surface area contributed by atoms with Gasteiger partial charge in [0.2, 0.25) is 0 Å². The number of morpholine rings is 1. The second-order valence-electron chi connectivity index (χ2n) is 5.48. The molecular weight excluding hydrogens is 312 g/mol. The number of amides is 1. The van der Waals surface area contributed by atoms with Gasteiger partial charge >= 0.3 is 0 Å². The van der Waals surface area contributed by atoms with Crippen molar-refractivity contribution in [3.8, 4) is 0 Å². The molecule has 1 atom stereocenters. The summed E-state index contributed by atoms with van der Waals surface area (Å²) in [5, 5.41) is 11.1. The maximum absolute atomic E-state index is 12.7. The van der Waals surface area contributed by atoms with Gasteiger partial charge in [0.1, 0.15) is 17.6 Å². The van der Waals surface area contributed by atoms with Crippen molar-refractivity contribution in [1.29, 1.82) is 0 Å². The standard InChI is InChI=1S/C15H20N6O3/c1-3-12-16-14(18-17-12)11-9-20(7-8-24-11)15(23)10-5-6-13(22)21(4-2)19-10/h5-6,11H,3-4,7-9H2,1-2H3,(H,16,17,18)/t11-/m1/s1. The summed E-state index contributed by atoms with van der Waals surface area (Å²) >= 11 is 0. The number of hydrogen-bond acceptors (Lipinski definition) is 6. The Morgan fingerprint density at radius 3 is 2.96 bits per heavy atom. The number of carbonyl (C=O) groups is 1. The van der Waals surface area contributed by atoms with E-state index in [0.717, 1.165) is 12.2 Å². The van der Waals surface area contributed by atoms with Crippen molar-refractivity contribution in [2.24, 2.45) is 0 Å². The van der Waals surface area contributed by atoms with Gasteiger partial charge in [-0.2, -0.15) is 10.2 Å². The number of aromatic amines is 1. The van der Waals surface area contributed by atoms with Crippen molar-refractivity contribution < 1.29 is 9.53 Å². The first-order chi connectivity index (χ1) is 11.6. The molecule has 1 fully saturated rings. The molecular formula is C15H20N6O3. The minimum absolute atomic E-state index is 0.221. The van der Waals surface area contributed by atoms with Crippen LogP contribution in [0.25, 0.3) is 0 Å². The SMILES string of the molecule is CCc1nc([C@H]2CN(C(=O)c3ccc(=O)n(CC)n3)CCO2)n[nH]1. The molecule has 0 aliphatic carbocycles. The molecule has 2 aromatic rings. The minimum Gasteiger partial charge on any atom is -0.366 e. The van der Waals surface area contributed by atoms with E-state index in [1.54, 1.807) is 4.90 Å². The van der Waals surface area contributed by atoms with Gasteiger partial charge in [-0.1, -0.05) is 6.92 Å². The molecule has 0 radical (unpaired) electrons. The van der Waals surface area contributed by atoms with E-state index >= 15 is 0 Å². The van der Waals surface area contributed by atoms with Crippen LogP contribution in [0.3, 0.4) is 0 Å². The Bertz CT molecular complexity index is 784. The Hall–Kier alpha value is -2.55. The normalized spacial score (nSPS) is 17.9. The average molecular weight is 332 g/mol. The number of hydrogen-bond donors (Lipinski definition) is 1. The van der Waals surface area contributed by atoms with E-state index in [1.165, 1.54) is 16.8 Å². The number of carbonyl (C=O) groups excluding carboxylic acids is 1. The third-order valence-corrected chi connectivity index (χ3v) is 3.91. The van der Waals surface area contributed by atoms with Gasteiger partial charge in [0, 0.05) is 25.6 Å². The van der Waals surface area contributed by atoms with E-state index < -0.39 is 0 Å². The Kier molecular flexibility index (Phi) is 4.70. The first kappa shape index (κ1) is 16.3. The molecule has 0 aromatic carbocycles. The lowest BCUT2D eigenvalue weighted by Crippen LogP contribution is -2.43. The minimum atomic E-state index is -0.365. The van der Waals surface area contributed by atoms with E-state index in [0.29, 0.717) is 32.1 Å². The van der Waals surface area contributed by atoms with Gasteiger partial charge < -0.3 is 9.64 Å². The topological polar surface area (TPSA) is 106 Å². The van der Waals surface area contributed by atoms with Crippen LogP contribution in [0, 0.1) is 0 Å². The smallest absolute Gasteiger partial charge is 0.274 e. The van der Waals surface area contributed by atoms with Crippen LogP contribution in [0.4, 0.5) is 0 Å². The number of rotatable bonds is 4. The summed E-state index contributed by atoms with van der Waals surface area (Å²) in [7, 11) is 0. The van der Waals surface area contributed by atoms with Crippen molar-refractivity contribution in [2.75, 3.05) is 19.7 Å². The van der Waals surface area contributed by atoms with E-state index in [9.17, 15) is 9.59 Å². The number of ether oxygens (including phenoxy) is 1. The van der Waals surface area contributed by atoms with Crippen LogP contribution in [0.2, 0.25) is 0 Å². The summed E-state index contributed by atoms with van der Waals surface area (Å²) in [4.78, 5) is 30.3. The van der Waals surface area contributed by atoms with Crippen molar-refractivity contribution in [1.82, 2.24) is 29.9 Å². The molecule has 0 bridgehead atoms. The van der Waals surface area contributed by atoms with Crippen molar-refractivity contribution >= 4 is 5.91 Å². The van der Waals surface area contributed by atoms with Crippen molar-refractivity contribution in [3.05, 3.63) is 39.8 Å². The highest BCUT2D eigenvalue weighted by Crippen LogP contribution is 2.20. The van der Waals surface area contributed by atoms with Crippen LogP contribution in [0.1, 0.15) is 42.1 Å². The fourth-order valence-corrected chi connectivity index (χ4v) is 2.55. The van der Waals surface area contributed by atoms with Gasteiger partial charge in [-0.05, 0) is 13.0 Å². The molecule has 1 aliphatic heterocycles. The van der Waals surface area contributed by atoms with E-state index in [1.807, 2.05) is 13.8 Å². The summed E-state index contributed by atoms with van der Waals surface area (Å²) in [6.07, 6.45) is 0.390. The predicted octanol–water partition coefficient (Wildman–Crippen LogP) is 0.157. The fraction of sp³-hybridized carbons (Fsp3) is 0.533. The number of nitrogens with one attached hydrogen (secondary N) is 1. The highest BCUT2D eigenvalue weighted by atomic mass is 16.5. The molecule has 1 N–H and O–H groups in total. The zero-order valence-corrected chi connectivity index (χ0v) is 13.7. The average Bonchev–Trinajstić information content (AvgIpc) is 3.11. The first-order valence-electron chi connectivity index (χ1n) is 8.02. The second-order valence-corrected chi connectivity index (χ2v) is 5.48. The molecule has 9 heteroatoms. The predicted molar refractivity (Wildman–Crippen MR) is 84.5 cm³/mol. The fourth-order valence-electron chi connectivity index (χ4n) is 2.55. The zero-order valence-electron chi connectivity index (χ0n) is 13.7. The molecule has 3 heterocycles. The maximum Gasteiger partial charge on any atom is 0.274 e.